The van der Waals surface area contributed by atoms with Gasteiger partial charge in [0.15, 0.2) is 53.9 Å². The lowest BCUT2D eigenvalue weighted by molar-refractivity contribution is -0.358. The second-order valence-corrected chi connectivity index (χ2v) is 12.6. The van der Waals surface area contributed by atoms with E-state index in [4.69, 9.17) is 47.4 Å². The third-order valence-electron chi connectivity index (χ3n) is 8.50. The Kier molecular flexibility index (Phi) is 15.2. The Hall–Kier alpha value is -4.98. The third-order valence-corrected chi connectivity index (χ3v) is 8.50. The smallest absolute Gasteiger partial charge is 0.331 e. The summed E-state index contributed by atoms with van der Waals surface area (Å²) in [6.07, 6.45) is -12.5. The van der Waals surface area contributed by atoms with E-state index in [2.05, 4.69) is 0 Å². The lowest BCUT2D eigenvalue weighted by atomic mass is 9.96. The summed E-state index contributed by atoms with van der Waals surface area (Å²) in [5, 5.41) is 42.7. The molecule has 0 saturated carbocycles. The molecule has 18 heteroatoms. The van der Waals surface area contributed by atoms with Crippen LogP contribution in [0.15, 0.2) is 42.5 Å². The van der Waals surface area contributed by atoms with Crippen LogP contribution in [0.3, 0.4) is 0 Å². The van der Waals surface area contributed by atoms with Crippen LogP contribution in [0, 0.1) is 0 Å². The molecule has 0 bridgehead atoms. The van der Waals surface area contributed by atoms with Gasteiger partial charge in [-0.05, 0) is 54.8 Å². The van der Waals surface area contributed by atoms with Crippen LogP contribution in [-0.4, -0.2) is 133 Å². The van der Waals surface area contributed by atoms with Crippen LogP contribution in [0.25, 0.3) is 6.08 Å². The van der Waals surface area contributed by atoms with E-state index in [1.165, 1.54) is 51.5 Å². The van der Waals surface area contributed by atoms with Crippen LogP contribution < -0.4 is 9.47 Å². The van der Waals surface area contributed by atoms with Gasteiger partial charge in [0.1, 0.15) is 31.0 Å². The highest BCUT2D eigenvalue weighted by Gasteiger charge is 2.54. The number of methoxy groups -OCH3 is 2. The molecule has 302 valence electrons. The zero-order valence-corrected chi connectivity index (χ0v) is 31.0. The number of phenols is 2. The van der Waals surface area contributed by atoms with Crippen molar-refractivity contribution in [3.05, 3.63) is 53.6 Å². The molecule has 0 unspecified atom stereocenters. The molecule has 4 N–H and O–H groups in total. The molecule has 18 nitrogen and oxygen atoms in total. The summed E-state index contributed by atoms with van der Waals surface area (Å²) < 4.78 is 55.9. The van der Waals surface area contributed by atoms with E-state index in [-0.39, 0.29) is 36.0 Å². The van der Waals surface area contributed by atoms with Crippen molar-refractivity contribution in [2.45, 2.75) is 95.5 Å². The van der Waals surface area contributed by atoms with Gasteiger partial charge in [0, 0.05) is 26.8 Å². The second kappa shape index (κ2) is 19.6. The van der Waals surface area contributed by atoms with Gasteiger partial charge in [-0.25, -0.2) is 4.79 Å². The Morgan fingerprint density at radius 2 is 1.44 bits per heavy atom. The summed E-state index contributed by atoms with van der Waals surface area (Å²) in [5.74, 6) is -3.19. The SMILES string of the molecule is COc1ccc(CCO[C@H]2O[C@@H](COC(C)=O)[C@H](OC(=O)/C=C/c3ccc(O)c(OC)c3)[C@@H](O[C@H]3O[C@@H](C)[C@H](O)[C@@H](OC(C)=O)[C@H]3OC(C)=O)[C@@H]2O)cc1O. The Balaban J connectivity index is 1.68. The molecule has 10 atom stereocenters. The predicted molar refractivity (Wildman–Crippen MR) is 186 cm³/mol. The van der Waals surface area contributed by atoms with Gasteiger partial charge in [0.25, 0.3) is 0 Å². The number of aliphatic hydroxyl groups is 2. The van der Waals surface area contributed by atoms with Gasteiger partial charge in [0.2, 0.25) is 0 Å². The summed E-state index contributed by atoms with van der Waals surface area (Å²) in [5.41, 5.74) is 1.08. The molecule has 0 amide bonds. The average Bonchev–Trinajstić information content (AvgIpc) is 3.12. The number of carbonyl (C=O) groups is 4. The number of benzene rings is 2. The van der Waals surface area contributed by atoms with Gasteiger partial charge in [-0.15, -0.1) is 0 Å². The number of aromatic hydroxyl groups is 2. The zero-order valence-electron chi connectivity index (χ0n) is 31.0. The number of ether oxygens (including phenoxy) is 10. The van der Waals surface area contributed by atoms with Crippen LogP contribution in [0.4, 0.5) is 0 Å². The lowest BCUT2D eigenvalue weighted by Crippen LogP contribution is -2.66. The molecule has 2 fully saturated rings. The number of carbonyl (C=O) groups excluding carboxylic acids is 4. The Labute approximate surface area is 316 Å². The summed E-state index contributed by atoms with van der Waals surface area (Å²) in [7, 11) is 2.76. The van der Waals surface area contributed by atoms with E-state index in [9.17, 15) is 39.6 Å². The number of aliphatic hydroxyl groups excluding tert-OH is 2. The van der Waals surface area contributed by atoms with Gasteiger partial charge in [-0.3, -0.25) is 14.4 Å². The molecule has 0 radical (unpaired) electrons. The molecule has 2 aromatic carbocycles. The first kappa shape index (κ1) is 42.8. The summed E-state index contributed by atoms with van der Waals surface area (Å²) in [6.45, 7) is 4.13. The predicted octanol–water partition coefficient (Wildman–Crippen LogP) is 1.30. The van der Waals surface area contributed by atoms with Crippen molar-refractivity contribution in [1.82, 2.24) is 0 Å². The first-order chi connectivity index (χ1) is 26.1. The highest BCUT2D eigenvalue weighted by molar-refractivity contribution is 5.87. The van der Waals surface area contributed by atoms with E-state index >= 15 is 0 Å². The minimum absolute atomic E-state index is 0.0858. The first-order valence-electron chi connectivity index (χ1n) is 17.1. The number of rotatable bonds is 15. The van der Waals surface area contributed by atoms with Crippen molar-refractivity contribution in [2.24, 2.45) is 0 Å². The first-order valence-corrected chi connectivity index (χ1v) is 17.1. The van der Waals surface area contributed by atoms with E-state index in [0.29, 0.717) is 11.1 Å². The van der Waals surface area contributed by atoms with Gasteiger partial charge >= 0.3 is 23.9 Å². The molecule has 0 aliphatic carbocycles. The van der Waals surface area contributed by atoms with Crippen molar-refractivity contribution < 1.29 is 87.0 Å². The summed E-state index contributed by atoms with van der Waals surface area (Å²) >= 11 is 0. The Morgan fingerprint density at radius 1 is 0.745 bits per heavy atom. The van der Waals surface area contributed by atoms with Crippen LogP contribution in [0.5, 0.6) is 23.0 Å². The summed E-state index contributed by atoms with van der Waals surface area (Å²) in [4.78, 5) is 49.5. The fourth-order valence-electron chi connectivity index (χ4n) is 5.88. The minimum Gasteiger partial charge on any atom is -0.504 e. The third kappa shape index (κ3) is 11.5. The molecule has 4 rings (SSSR count). The van der Waals surface area contributed by atoms with Gasteiger partial charge in [-0.2, -0.15) is 0 Å². The second-order valence-electron chi connectivity index (χ2n) is 12.6. The standard InChI is InChI=1S/C37H46O18/c1-18-30(44)33(51-20(3)39)35(52-21(4)40)37(50-18)55-34-31(45)36(48-14-13-23-8-11-26(46-5)25(42)15-23)53-28(17-49-19(2)38)32(34)54-29(43)12-9-22-7-10-24(41)27(16-22)47-6/h7-12,15-16,18,28,30-37,41-42,44-45H,13-14,17H2,1-6H3/b12-9+/t18-,28-,30-,31-,32-,33+,34-,35+,36-,37+/m0/s1. The molecule has 2 aliphatic heterocycles. The van der Waals surface area contributed by atoms with Gasteiger partial charge in [0.05, 0.1) is 26.9 Å². The van der Waals surface area contributed by atoms with Crippen LogP contribution >= 0.6 is 0 Å². The Morgan fingerprint density at radius 3 is 2.07 bits per heavy atom. The maximum Gasteiger partial charge on any atom is 0.331 e. The maximum atomic E-state index is 13.4. The fourth-order valence-corrected chi connectivity index (χ4v) is 5.88. The number of esters is 4. The maximum absolute atomic E-state index is 13.4. The molecule has 2 heterocycles. The van der Waals surface area contributed by atoms with Gasteiger partial charge in [-0.1, -0.05) is 12.1 Å². The molecule has 55 heavy (non-hydrogen) atoms. The lowest BCUT2D eigenvalue weighted by Gasteiger charge is -2.47. The number of phenolic OH excluding ortho intramolecular Hbond substituents is 2. The van der Waals surface area contributed by atoms with E-state index in [1.807, 2.05) is 0 Å². The number of hydrogen-bond donors (Lipinski definition) is 4. The van der Waals surface area contributed by atoms with E-state index < -0.39 is 91.9 Å². The highest BCUT2D eigenvalue weighted by atomic mass is 16.8. The highest BCUT2D eigenvalue weighted by Crippen LogP contribution is 2.34. The van der Waals surface area contributed by atoms with Crippen LogP contribution in [0.2, 0.25) is 0 Å². The van der Waals surface area contributed by atoms with Crippen LogP contribution in [0.1, 0.15) is 38.8 Å². The molecule has 2 saturated heterocycles. The quantitative estimate of drug-likeness (QED) is 0.113. The van der Waals surface area contributed by atoms with E-state index in [1.54, 1.807) is 12.1 Å². The molecule has 0 spiro atoms. The largest absolute Gasteiger partial charge is 0.504 e. The molecular formula is C37H46O18. The van der Waals surface area contributed by atoms with Crippen molar-refractivity contribution in [3.8, 4) is 23.0 Å². The average molecular weight is 779 g/mol. The number of hydrogen-bond acceptors (Lipinski definition) is 18. The van der Waals surface area contributed by atoms with Crippen LogP contribution in [-0.2, 0) is 63.5 Å². The molecule has 2 aromatic rings. The topological polar surface area (TPSA) is 241 Å². The zero-order chi connectivity index (χ0) is 40.4. The fraction of sp³-hybridized carbons (Fsp3) is 0.514. The minimum atomic E-state index is -1.78. The van der Waals surface area contributed by atoms with Crippen molar-refractivity contribution >= 4 is 30.0 Å². The normalized spacial score (nSPS) is 27.9. The Bertz CT molecular complexity index is 1680. The van der Waals surface area contributed by atoms with Crippen molar-refractivity contribution in [2.75, 3.05) is 27.4 Å². The monoisotopic (exact) mass is 778 g/mol. The van der Waals surface area contributed by atoms with Crippen molar-refractivity contribution in [3.63, 3.8) is 0 Å². The van der Waals surface area contributed by atoms with E-state index in [0.717, 1.165) is 26.8 Å². The van der Waals surface area contributed by atoms with Crippen molar-refractivity contribution in [1.29, 1.82) is 0 Å². The molecule has 0 aromatic heterocycles. The molecule has 2 aliphatic rings. The molecular weight excluding hydrogens is 732 g/mol. The van der Waals surface area contributed by atoms with Gasteiger partial charge < -0.3 is 67.8 Å². The summed E-state index contributed by atoms with van der Waals surface area (Å²) in [6, 6.07) is 9.05.